The quantitative estimate of drug-likeness (QED) is 0.837. The summed E-state index contributed by atoms with van der Waals surface area (Å²) in [7, 11) is 0. The van der Waals surface area contributed by atoms with Crippen molar-refractivity contribution in [3.63, 3.8) is 0 Å². The Morgan fingerprint density at radius 3 is 2.35 bits per heavy atom. The first-order valence-electron chi connectivity index (χ1n) is 7.40. The minimum atomic E-state index is -0.0842. The van der Waals surface area contributed by atoms with Crippen molar-refractivity contribution in [1.82, 2.24) is 14.8 Å². The van der Waals surface area contributed by atoms with Crippen LogP contribution in [0.15, 0.2) is 36.5 Å². The van der Waals surface area contributed by atoms with E-state index in [9.17, 15) is 9.59 Å². The van der Waals surface area contributed by atoms with Crippen LogP contribution in [0.5, 0.6) is 0 Å². The van der Waals surface area contributed by atoms with Gasteiger partial charge >= 0.3 is 0 Å². The van der Waals surface area contributed by atoms with Crippen LogP contribution in [0.4, 0.5) is 0 Å². The Bertz CT molecular complexity index is 704. The van der Waals surface area contributed by atoms with Crippen molar-refractivity contribution in [1.29, 1.82) is 0 Å². The van der Waals surface area contributed by atoms with E-state index in [0.717, 1.165) is 6.42 Å². The number of nitrogens with zero attached hydrogens (tertiary/aromatic N) is 3. The number of aromatic nitrogens is 1. The van der Waals surface area contributed by atoms with Gasteiger partial charge in [-0.25, -0.2) is 0 Å². The second-order valence-electron chi connectivity index (χ2n) is 5.26. The van der Waals surface area contributed by atoms with Gasteiger partial charge in [-0.15, -0.1) is 11.3 Å². The molecule has 2 aromatic heterocycles. The smallest absolute Gasteiger partial charge is 0.272 e. The first-order chi connectivity index (χ1) is 11.1. The Morgan fingerprint density at radius 2 is 1.74 bits per heavy atom. The second-order valence-corrected chi connectivity index (χ2v) is 6.97. The molecule has 2 aromatic rings. The molecule has 1 fully saturated rings. The average Bonchev–Trinajstić information content (AvgIpc) is 2.87. The molecule has 5 nitrogen and oxygen atoms in total. The van der Waals surface area contributed by atoms with Gasteiger partial charge in [-0.05, 0) is 30.7 Å². The molecule has 23 heavy (non-hydrogen) atoms. The van der Waals surface area contributed by atoms with Crippen LogP contribution in [0.2, 0.25) is 4.34 Å². The number of hydrogen-bond acceptors (Lipinski definition) is 4. The second kappa shape index (κ2) is 7.10. The predicted octanol–water partition coefficient (Wildman–Crippen LogP) is 2.78. The van der Waals surface area contributed by atoms with Crippen LogP contribution >= 0.6 is 22.9 Å². The van der Waals surface area contributed by atoms with E-state index in [2.05, 4.69) is 4.98 Å². The van der Waals surface area contributed by atoms with E-state index in [1.165, 1.54) is 11.3 Å². The summed E-state index contributed by atoms with van der Waals surface area (Å²) < 4.78 is 0.607. The summed E-state index contributed by atoms with van der Waals surface area (Å²) >= 11 is 7.18. The third-order valence-electron chi connectivity index (χ3n) is 3.74. The zero-order chi connectivity index (χ0) is 16.2. The van der Waals surface area contributed by atoms with Crippen molar-refractivity contribution in [3.8, 4) is 0 Å². The number of carbonyl (C=O) groups is 2. The summed E-state index contributed by atoms with van der Waals surface area (Å²) in [5.41, 5.74) is 0.442. The molecule has 0 aliphatic carbocycles. The summed E-state index contributed by atoms with van der Waals surface area (Å²) in [6.45, 7) is 2.30. The molecule has 0 spiro atoms. The van der Waals surface area contributed by atoms with Gasteiger partial charge in [-0.2, -0.15) is 0 Å². The topological polar surface area (TPSA) is 53.5 Å². The van der Waals surface area contributed by atoms with Crippen LogP contribution in [0.25, 0.3) is 0 Å². The van der Waals surface area contributed by atoms with Crippen molar-refractivity contribution in [3.05, 3.63) is 51.4 Å². The lowest BCUT2D eigenvalue weighted by Crippen LogP contribution is -2.37. The molecule has 120 valence electrons. The number of halogens is 1. The maximum absolute atomic E-state index is 12.5. The van der Waals surface area contributed by atoms with Gasteiger partial charge in [0.15, 0.2) is 0 Å². The summed E-state index contributed by atoms with van der Waals surface area (Å²) in [5.74, 6) is -0.104. The van der Waals surface area contributed by atoms with Gasteiger partial charge in [-0.3, -0.25) is 14.6 Å². The van der Waals surface area contributed by atoms with Crippen LogP contribution in [0.1, 0.15) is 26.6 Å². The van der Waals surface area contributed by atoms with Gasteiger partial charge in [-0.1, -0.05) is 17.7 Å². The largest absolute Gasteiger partial charge is 0.336 e. The first-order valence-corrected chi connectivity index (χ1v) is 8.59. The van der Waals surface area contributed by atoms with E-state index >= 15 is 0 Å². The fourth-order valence-electron chi connectivity index (χ4n) is 2.56. The Balaban J connectivity index is 1.65. The number of carbonyl (C=O) groups excluding carboxylic acids is 2. The maximum atomic E-state index is 12.5. The molecule has 7 heteroatoms. The summed E-state index contributed by atoms with van der Waals surface area (Å²) in [4.78, 5) is 33.2. The SMILES string of the molecule is O=C(c1ccccn1)N1CCCN(C(=O)c2ccc(Cl)s2)CC1. The summed E-state index contributed by atoms with van der Waals surface area (Å²) in [5, 5.41) is 0. The number of hydrogen-bond donors (Lipinski definition) is 0. The third kappa shape index (κ3) is 3.71. The molecule has 0 unspecified atom stereocenters. The van der Waals surface area contributed by atoms with E-state index < -0.39 is 0 Å². The van der Waals surface area contributed by atoms with E-state index in [-0.39, 0.29) is 11.8 Å². The average molecular weight is 350 g/mol. The number of pyridine rings is 1. The first kappa shape index (κ1) is 16.0. The minimum Gasteiger partial charge on any atom is -0.336 e. The van der Waals surface area contributed by atoms with Crippen LogP contribution in [0.3, 0.4) is 0 Å². The molecular weight excluding hydrogens is 334 g/mol. The molecule has 1 saturated heterocycles. The molecule has 0 radical (unpaired) electrons. The lowest BCUT2D eigenvalue weighted by molar-refractivity contribution is 0.0718. The highest BCUT2D eigenvalue weighted by molar-refractivity contribution is 7.17. The van der Waals surface area contributed by atoms with Gasteiger partial charge in [0.2, 0.25) is 0 Å². The normalized spacial score (nSPS) is 15.3. The molecular formula is C16H16ClN3O2S. The van der Waals surface area contributed by atoms with Crippen molar-refractivity contribution < 1.29 is 9.59 Å². The molecule has 0 bridgehead atoms. The van der Waals surface area contributed by atoms with Crippen molar-refractivity contribution in [2.24, 2.45) is 0 Å². The molecule has 1 aliphatic heterocycles. The van der Waals surface area contributed by atoms with Gasteiger partial charge in [0.25, 0.3) is 11.8 Å². The number of thiophene rings is 1. The fraction of sp³-hybridized carbons (Fsp3) is 0.312. The predicted molar refractivity (Wildman–Crippen MR) is 90.0 cm³/mol. The Kier molecular flexibility index (Phi) is 4.93. The van der Waals surface area contributed by atoms with Gasteiger partial charge in [0.1, 0.15) is 5.69 Å². The van der Waals surface area contributed by atoms with E-state index in [4.69, 9.17) is 11.6 Å². The van der Waals surface area contributed by atoms with Crippen LogP contribution < -0.4 is 0 Å². The molecule has 3 rings (SSSR count). The number of rotatable bonds is 2. The van der Waals surface area contributed by atoms with Gasteiger partial charge in [0.05, 0.1) is 9.21 Å². The zero-order valence-electron chi connectivity index (χ0n) is 12.4. The lowest BCUT2D eigenvalue weighted by atomic mass is 10.3. The van der Waals surface area contributed by atoms with E-state index in [1.54, 1.807) is 46.3 Å². The summed E-state index contributed by atoms with van der Waals surface area (Å²) in [6.07, 6.45) is 2.37. The molecule has 3 heterocycles. The highest BCUT2D eigenvalue weighted by Crippen LogP contribution is 2.23. The molecule has 1 aliphatic rings. The Labute approximate surface area is 143 Å². The Hall–Kier alpha value is -1.92. The number of amides is 2. The van der Waals surface area contributed by atoms with Crippen LogP contribution in [0, 0.1) is 0 Å². The Morgan fingerprint density at radius 1 is 1.00 bits per heavy atom. The van der Waals surface area contributed by atoms with Gasteiger partial charge in [0, 0.05) is 32.4 Å². The van der Waals surface area contributed by atoms with Crippen LogP contribution in [-0.2, 0) is 0 Å². The monoisotopic (exact) mass is 349 g/mol. The van der Waals surface area contributed by atoms with Gasteiger partial charge < -0.3 is 9.80 Å². The van der Waals surface area contributed by atoms with Crippen molar-refractivity contribution >= 4 is 34.8 Å². The minimum absolute atomic E-state index is 0.0194. The van der Waals surface area contributed by atoms with E-state index in [1.807, 2.05) is 0 Å². The van der Waals surface area contributed by atoms with Crippen LogP contribution in [-0.4, -0.2) is 52.8 Å². The zero-order valence-corrected chi connectivity index (χ0v) is 14.0. The molecule has 0 atom stereocenters. The highest BCUT2D eigenvalue weighted by Gasteiger charge is 2.24. The molecule has 0 N–H and O–H groups in total. The lowest BCUT2D eigenvalue weighted by Gasteiger charge is -2.21. The van der Waals surface area contributed by atoms with Crippen molar-refractivity contribution in [2.75, 3.05) is 26.2 Å². The molecule has 2 amide bonds. The fourth-order valence-corrected chi connectivity index (χ4v) is 3.57. The summed E-state index contributed by atoms with van der Waals surface area (Å²) in [6, 6.07) is 8.77. The standard InChI is InChI=1S/C16H16ClN3O2S/c17-14-6-5-13(23-14)16(22)20-9-3-8-19(10-11-20)15(21)12-4-1-2-7-18-12/h1-2,4-7H,3,8-11H2. The molecule has 0 saturated carbocycles. The highest BCUT2D eigenvalue weighted by atomic mass is 35.5. The maximum Gasteiger partial charge on any atom is 0.272 e. The third-order valence-corrected chi connectivity index (χ3v) is 4.96. The molecule has 0 aromatic carbocycles. The van der Waals surface area contributed by atoms with E-state index in [0.29, 0.717) is 41.1 Å². The van der Waals surface area contributed by atoms with Crippen molar-refractivity contribution in [2.45, 2.75) is 6.42 Å².